The second kappa shape index (κ2) is 9.89. The van der Waals surface area contributed by atoms with Crippen LogP contribution < -0.4 is 5.43 Å². The molecule has 154 valence electrons. The molecular weight excluding hydrogens is 402 g/mol. The Labute approximate surface area is 178 Å². The fourth-order valence-electron chi connectivity index (χ4n) is 2.94. The van der Waals surface area contributed by atoms with Crippen molar-refractivity contribution in [3.63, 3.8) is 0 Å². The normalized spacial score (nSPS) is 11.0. The number of nitro groups is 1. The molecule has 0 saturated heterocycles. The first-order chi connectivity index (χ1) is 14.4. The maximum atomic E-state index is 11.9. The smallest absolute Gasteiger partial charge is 0.269 e. The molecule has 0 spiro atoms. The van der Waals surface area contributed by atoms with Gasteiger partial charge in [-0.05, 0) is 43.7 Å². The van der Waals surface area contributed by atoms with Crippen molar-refractivity contribution in [3.8, 4) is 11.3 Å². The highest BCUT2D eigenvalue weighted by molar-refractivity contribution is 7.99. The van der Waals surface area contributed by atoms with Crippen LogP contribution in [0.2, 0.25) is 0 Å². The predicted octanol–water partition coefficient (Wildman–Crippen LogP) is 4.86. The van der Waals surface area contributed by atoms with Crippen LogP contribution >= 0.6 is 11.8 Å². The monoisotopic (exact) mass is 423 g/mol. The average molecular weight is 423 g/mol. The lowest BCUT2D eigenvalue weighted by Gasteiger charge is -2.04. The summed E-state index contributed by atoms with van der Waals surface area (Å²) in [6, 6.07) is 15.9. The number of nitrogens with zero attached hydrogens (tertiary/aromatic N) is 2. The molecule has 0 fully saturated rings. The summed E-state index contributed by atoms with van der Waals surface area (Å²) >= 11 is 1.53. The summed E-state index contributed by atoms with van der Waals surface area (Å²) in [7, 11) is 0. The van der Waals surface area contributed by atoms with Crippen LogP contribution in [0.25, 0.3) is 11.3 Å². The first-order valence-corrected chi connectivity index (χ1v) is 10.4. The molecule has 0 radical (unpaired) electrons. The highest BCUT2D eigenvalue weighted by Gasteiger charge is 2.08. The van der Waals surface area contributed by atoms with E-state index < -0.39 is 4.92 Å². The minimum absolute atomic E-state index is 0.0187. The van der Waals surface area contributed by atoms with Crippen LogP contribution in [0.3, 0.4) is 0 Å². The Kier molecular flexibility index (Phi) is 7.03. The number of benzene rings is 2. The van der Waals surface area contributed by atoms with Gasteiger partial charge in [-0.1, -0.05) is 29.3 Å². The van der Waals surface area contributed by atoms with E-state index in [0.29, 0.717) is 22.8 Å². The molecule has 1 aromatic heterocycles. The number of nitrogens with one attached hydrogen (secondary N) is 1. The van der Waals surface area contributed by atoms with Gasteiger partial charge in [0.05, 0.1) is 16.9 Å². The van der Waals surface area contributed by atoms with Crippen molar-refractivity contribution in [1.29, 1.82) is 0 Å². The molecule has 0 aliphatic heterocycles. The molecule has 1 heterocycles. The summed E-state index contributed by atoms with van der Waals surface area (Å²) in [6.45, 7) is 4.12. The SMILES string of the molecule is Cc1cc(C)cc(CSCC(=O)N/N=C\c2ccc(-c3ccc([N+](=O)[O-])cc3)o2)c1. The molecule has 0 aliphatic rings. The molecule has 2 aromatic carbocycles. The van der Waals surface area contributed by atoms with E-state index in [1.54, 1.807) is 24.3 Å². The van der Waals surface area contributed by atoms with Gasteiger partial charge in [-0.2, -0.15) is 5.10 Å². The Hall–Kier alpha value is -3.39. The molecule has 3 rings (SSSR count). The van der Waals surface area contributed by atoms with Crippen molar-refractivity contribution < 1.29 is 14.1 Å². The van der Waals surface area contributed by atoms with Crippen LogP contribution in [-0.4, -0.2) is 22.8 Å². The quantitative estimate of drug-likeness (QED) is 0.317. The zero-order valence-corrected chi connectivity index (χ0v) is 17.4. The molecule has 1 N–H and O–H groups in total. The van der Waals surface area contributed by atoms with Crippen LogP contribution in [0.1, 0.15) is 22.5 Å². The lowest BCUT2D eigenvalue weighted by molar-refractivity contribution is -0.384. The lowest BCUT2D eigenvalue weighted by atomic mass is 10.1. The third-order valence-electron chi connectivity index (χ3n) is 4.15. The van der Waals surface area contributed by atoms with E-state index in [0.717, 1.165) is 5.75 Å². The number of hydrazone groups is 1. The van der Waals surface area contributed by atoms with Gasteiger partial charge in [-0.3, -0.25) is 14.9 Å². The number of hydrogen-bond acceptors (Lipinski definition) is 6. The Bertz CT molecular complexity index is 1050. The summed E-state index contributed by atoms with van der Waals surface area (Å²) < 4.78 is 5.64. The van der Waals surface area contributed by atoms with Gasteiger partial charge in [0, 0.05) is 23.4 Å². The molecule has 0 bridgehead atoms. The molecule has 0 saturated carbocycles. The van der Waals surface area contributed by atoms with Crippen molar-refractivity contribution in [3.05, 3.63) is 87.2 Å². The van der Waals surface area contributed by atoms with E-state index in [9.17, 15) is 14.9 Å². The topological polar surface area (TPSA) is 97.7 Å². The molecule has 8 heteroatoms. The second-order valence-corrected chi connectivity index (χ2v) is 7.77. The molecular formula is C22H21N3O4S. The van der Waals surface area contributed by atoms with Crippen molar-refractivity contribution >= 4 is 29.6 Å². The predicted molar refractivity (Wildman–Crippen MR) is 119 cm³/mol. The molecule has 30 heavy (non-hydrogen) atoms. The Morgan fingerprint density at radius 3 is 2.50 bits per heavy atom. The standard InChI is InChI=1S/C22H21N3O4S/c1-15-9-16(2)11-17(10-15)13-30-14-22(26)24-23-12-20-7-8-21(29-20)18-3-5-19(6-4-18)25(27)28/h3-12H,13-14H2,1-2H3,(H,24,26)/b23-12-. The van der Waals surface area contributed by atoms with Gasteiger partial charge < -0.3 is 4.42 Å². The van der Waals surface area contributed by atoms with Gasteiger partial charge in [-0.15, -0.1) is 11.8 Å². The molecule has 0 aliphatic carbocycles. The summed E-state index contributed by atoms with van der Waals surface area (Å²) in [5, 5.41) is 14.6. The van der Waals surface area contributed by atoms with Gasteiger partial charge in [0.2, 0.25) is 5.91 Å². The van der Waals surface area contributed by atoms with Crippen molar-refractivity contribution in [2.45, 2.75) is 19.6 Å². The van der Waals surface area contributed by atoms with Crippen LogP contribution in [0.4, 0.5) is 5.69 Å². The molecule has 3 aromatic rings. The summed E-state index contributed by atoms with van der Waals surface area (Å²) in [4.78, 5) is 22.2. The van der Waals surface area contributed by atoms with Gasteiger partial charge in [0.25, 0.3) is 5.69 Å². The largest absolute Gasteiger partial charge is 0.455 e. The van der Waals surface area contributed by atoms with Crippen molar-refractivity contribution in [2.24, 2.45) is 5.10 Å². The maximum Gasteiger partial charge on any atom is 0.269 e. The number of carbonyl (C=O) groups is 1. The molecule has 7 nitrogen and oxygen atoms in total. The Balaban J connectivity index is 1.47. The number of rotatable bonds is 8. The molecule has 1 amide bonds. The number of carbonyl (C=O) groups excluding carboxylic acids is 1. The van der Waals surface area contributed by atoms with Crippen molar-refractivity contribution in [2.75, 3.05) is 5.75 Å². The lowest BCUT2D eigenvalue weighted by Crippen LogP contribution is -2.19. The second-order valence-electron chi connectivity index (χ2n) is 6.79. The third-order valence-corrected chi connectivity index (χ3v) is 5.16. The average Bonchev–Trinajstić information content (AvgIpc) is 3.16. The summed E-state index contributed by atoms with van der Waals surface area (Å²) in [5.41, 5.74) is 6.84. The van der Waals surface area contributed by atoms with Gasteiger partial charge >= 0.3 is 0 Å². The number of furan rings is 1. The van der Waals surface area contributed by atoms with Gasteiger partial charge in [0.1, 0.15) is 11.5 Å². The zero-order chi connectivity index (χ0) is 21.5. The van der Waals surface area contributed by atoms with Crippen molar-refractivity contribution in [1.82, 2.24) is 5.43 Å². The number of hydrogen-bond donors (Lipinski definition) is 1. The van der Waals surface area contributed by atoms with E-state index in [4.69, 9.17) is 4.42 Å². The van der Waals surface area contributed by atoms with Crippen LogP contribution in [0.5, 0.6) is 0 Å². The number of non-ortho nitro benzene ring substituents is 1. The van der Waals surface area contributed by atoms with Gasteiger partial charge in [-0.25, -0.2) is 5.43 Å². The number of nitro benzene ring substituents is 1. The molecule has 0 atom stereocenters. The van der Waals surface area contributed by atoms with E-state index in [-0.39, 0.29) is 11.6 Å². The first-order valence-electron chi connectivity index (χ1n) is 9.22. The minimum atomic E-state index is -0.451. The Morgan fingerprint density at radius 2 is 1.83 bits per heavy atom. The number of amides is 1. The highest BCUT2D eigenvalue weighted by atomic mass is 32.2. The van der Waals surface area contributed by atoms with E-state index in [1.165, 1.54) is 46.8 Å². The van der Waals surface area contributed by atoms with Crippen LogP contribution in [0, 0.1) is 24.0 Å². The summed E-state index contributed by atoms with van der Waals surface area (Å²) in [6.07, 6.45) is 1.42. The Morgan fingerprint density at radius 1 is 1.13 bits per heavy atom. The number of aryl methyl sites for hydroxylation is 2. The van der Waals surface area contributed by atoms with E-state index in [2.05, 4.69) is 42.6 Å². The van der Waals surface area contributed by atoms with E-state index in [1.807, 2.05) is 0 Å². The van der Waals surface area contributed by atoms with Crippen LogP contribution in [0.15, 0.2) is 64.1 Å². The number of thioether (sulfide) groups is 1. The fourth-order valence-corrected chi connectivity index (χ4v) is 3.69. The summed E-state index contributed by atoms with van der Waals surface area (Å²) in [5.74, 6) is 1.89. The maximum absolute atomic E-state index is 11.9. The van der Waals surface area contributed by atoms with Crippen LogP contribution in [-0.2, 0) is 10.5 Å². The third kappa shape index (κ3) is 6.05. The van der Waals surface area contributed by atoms with E-state index >= 15 is 0 Å². The highest BCUT2D eigenvalue weighted by Crippen LogP contribution is 2.24. The minimum Gasteiger partial charge on any atom is -0.455 e. The van der Waals surface area contributed by atoms with Gasteiger partial charge in [0.15, 0.2) is 0 Å². The zero-order valence-electron chi connectivity index (χ0n) is 16.6. The fraction of sp³-hybridized carbons (Fsp3) is 0.182. The molecule has 0 unspecified atom stereocenters. The first kappa shape index (κ1) is 21.3.